The van der Waals surface area contributed by atoms with E-state index in [1.165, 1.54) is 0 Å². The van der Waals surface area contributed by atoms with Gasteiger partial charge in [0.25, 0.3) is 5.24 Å². The molecule has 0 spiro atoms. The van der Waals surface area contributed by atoms with Crippen molar-refractivity contribution < 1.29 is 9.59 Å². The smallest absolute Gasteiger partial charge is 0.261 e. The monoisotopic (exact) mass is 276 g/mol. The zero-order chi connectivity index (χ0) is 14.5. The molecule has 0 unspecified atom stereocenters. The number of nitrogens with zero attached hydrogens (tertiary/aromatic N) is 2. The Morgan fingerprint density at radius 3 is 1.83 bits per heavy atom. The first-order chi connectivity index (χ1) is 8.04. The van der Waals surface area contributed by atoms with Gasteiger partial charge in [-0.2, -0.15) is 10.9 Å². The molecule has 0 bridgehead atoms. The van der Waals surface area contributed by atoms with Gasteiger partial charge in [0, 0.05) is 33.6 Å². The fourth-order valence-electron chi connectivity index (χ4n) is 1.45. The number of thiol groups is 1. The van der Waals surface area contributed by atoms with Gasteiger partial charge in [-0.15, -0.1) is 0 Å². The van der Waals surface area contributed by atoms with Crippen LogP contribution in [0.1, 0.15) is 27.2 Å². The van der Waals surface area contributed by atoms with Gasteiger partial charge in [-0.1, -0.05) is 20.8 Å². The molecule has 0 rings (SSSR count). The molecule has 0 aromatic heterocycles. The van der Waals surface area contributed by atoms with Gasteiger partial charge in [0.1, 0.15) is 0 Å². The van der Waals surface area contributed by atoms with Crippen LogP contribution in [0.15, 0.2) is 0 Å². The second kappa shape index (κ2) is 7.02. The lowest BCUT2D eigenvalue weighted by atomic mass is 9.92. The van der Waals surface area contributed by atoms with Gasteiger partial charge in [-0.25, -0.2) is 0 Å². The van der Waals surface area contributed by atoms with Crippen molar-refractivity contribution in [3.8, 4) is 0 Å². The summed E-state index contributed by atoms with van der Waals surface area (Å²) in [6, 6.07) is 0. The number of likely N-dealkylation sites (N-methyl/N-ethyl adjacent to an activating group) is 2. The van der Waals surface area contributed by atoms with Crippen LogP contribution in [-0.2, 0) is 4.79 Å². The van der Waals surface area contributed by atoms with Gasteiger partial charge in [0.2, 0.25) is 5.91 Å². The highest BCUT2D eigenvalue weighted by molar-refractivity contribution is 8.28. The van der Waals surface area contributed by atoms with E-state index in [0.29, 0.717) is 19.5 Å². The Morgan fingerprint density at radius 1 is 1.00 bits per heavy atom. The average molecular weight is 276 g/mol. The second-order valence-corrected chi connectivity index (χ2v) is 8.32. The van der Waals surface area contributed by atoms with E-state index in [-0.39, 0.29) is 16.6 Å². The van der Waals surface area contributed by atoms with Gasteiger partial charge in [-0.3, -0.25) is 9.59 Å². The molecule has 0 fully saturated rings. The molecule has 0 aromatic rings. The molecule has 108 valence electrons. The fourth-order valence-corrected chi connectivity index (χ4v) is 2.23. The Labute approximate surface area is 114 Å². The Hall–Kier alpha value is -0.710. The molecule has 0 saturated carbocycles. The van der Waals surface area contributed by atoms with E-state index >= 15 is 0 Å². The minimum absolute atomic E-state index is 0.00816. The maximum absolute atomic E-state index is 11.9. The highest BCUT2D eigenvalue weighted by atomic mass is 32.2. The molecular weight excluding hydrogens is 248 g/mol. The lowest BCUT2D eigenvalue weighted by molar-refractivity contribution is -0.131. The first-order valence-corrected chi connectivity index (χ1v) is 8.44. The summed E-state index contributed by atoms with van der Waals surface area (Å²) in [6.45, 7) is 7.35. The van der Waals surface area contributed by atoms with Crippen molar-refractivity contribution in [2.24, 2.45) is 5.41 Å². The summed E-state index contributed by atoms with van der Waals surface area (Å²) in [5.41, 5.74) is 0.00816. The van der Waals surface area contributed by atoms with Gasteiger partial charge in [-0.05, 0) is 17.9 Å². The standard InChI is InChI=1S/C13H28N2O2S/c1-13(2,3)10-11(16)14(4)8-9-15(5)12(17)18(6)7/h18H,8-10H2,1-7H3. The first kappa shape index (κ1) is 17.3. The van der Waals surface area contributed by atoms with Crippen LogP contribution in [0.4, 0.5) is 4.79 Å². The molecule has 0 aliphatic carbocycles. The third-order valence-corrected chi connectivity index (χ3v) is 3.69. The van der Waals surface area contributed by atoms with Crippen LogP contribution in [0.3, 0.4) is 0 Å². The van der Waals surface area contributed by atoms with Gasteiger partial charge >= 0.3 is 0 Å². The van der Waals surface area contributed by atoms with Crippen LogP contribution in [0.5, 0.6) is 0 Å². The largest absolute Gasteiger partial charge is 0.344 e. The molecule has 4 nitrogen and oxygen atoms in total. The number of carbonyl (C=O) groups is 2. The SMILES string of the molecule is CN(CCN(C)C(=O)[SH](C)C)C(=O)CC(C)(C)C. The van der Waals surface area contributed by atoms with Crippen LogP contribution in [0, 0.1) is 5.41 Å². The number of rotatable bonds is 4. The van der Waals surface area contributed by atoms with Gasteiger partial charge < -0.3 is 9.80 Å². The third kappa shape index (κ3) is 6.89. The molecule has 0 N–H and O–H groups in total. The maximum Gasteiger partial charge on any atom is 0.261 e. The number of hydrogen-bond acceptors (Lipinski definition) is 2. The van der Waals surface area contributed by atoms with Crippen LogP contribution in [0.25, 0.3) is 0 Å². The number of carbonyl (C=O) groups excluding carboxylic acids is 2. The lowest BCUT2D eigenvalue weighted by Gasteiger charge is -2.26. The molecule has 5 heteroatoms. The Kier molecular flexibility index (Phi) is 6.74. The summed E-state index contributed by atoms with van der Waals surface area (Å²) in [6.07, 6.45) is 4.43. The summed E-state index contributed by atoms with van der Waals surface area (Å²) in [7, 11) is 3.01. The first-order valence-electron chi connectivity index (χ1n) is 6.21. The minimum atomic E-state index is -0.586. The van der Waals surface area contributed by atoms with E-state index in [1.54, 1.807) is 23.9 Å². The molecule has 2 amide bonds. The van der Waals surface area contributed by atoms with Gasteiger partial charge in [0.15, 0.2) is 0 Å². The predicted octanol–water partition coefficient (Wildman–Crippen LogP) is 2.19. The average Bonchev–Trinajstić information content (AvgIpc) is 2.21. The molecule has 0 heterocycles. The summed E-state index contributed by atoms with van der Waals surface area (Å²) < 4.78 is 0. The van der Waals surface area contributed by atoms with Crippen molar-refractivity contribution in [1.29, 1.82) is 0 Å². The van der Waals surface area contributed by atoms with Crippen LogP contribution < -0.4 is 0 Å². The molecular formula is C13H28N2O2S. The van der Waals surface area contributed by atoms with Crippen molar-refractivity contribution in [2.75, 3.05) is 39.7 Å². The summed E-state index contributed by atoms with van der Waals surface area (Å²) >= 11 is 0. The summed E-state index contributed by atoms with van der Waals surface area (Å²) in [4.78, 5) is 27.0. The molecule has 18 heavy (non-hydrogen) atoms. The van der Waals surface area contributed by atoms with E-state index in [4.69, 9.17) is 0 Å². The second-order valence-electron chi connectivity index (χ2n) is 6.15. The Balaban J connectivity index is 4.14. The minimum Gasteiger partial charge on any atom is -0.344 e. The molecule has 0 saturated heterocycles. The highest BCUT2D eigenvalue weighted by Gasteiger charge is 2.19. The van der Waals surface area contributed by atoms with Crippen molar-refractivity contribution in [3.63, 3.8) is 0 Å². The quantitative estimate of drug-likeness (QED) is 0.800. The van der Waals surface area contributed by atoms with E-state index in [1.807, 2.05) is 12.5 Å². The number of amides is 2. The van der Waals surface area contributed by atoms with E-state index < -0.39 is 10.9 Å². The Bertz CT molecular complexity index is 298. The van der Waals surface area contributed by atoms with Crippen molar-refractivity contribution in [2.45, 2.75) is 27.2 Å². The van der Waals surface area contributed by atoms with E-state index in [9.17, 15) is 9.59 Å². The number of hydrogen-bond donors (Lipinski definition) is 1. The predicted molar refractivity (Wildman–Crippen MR) is 80.6 cm³/mol. The zero-order valence-electron chi connectivity index (χ0n) is 12.8. The molecule has 0 aliphatic heterocycles. The van der Waals surface area contributed by atoms with Gasteiger partial charge in [0.05, 0.1) is 0 Å². The Morgan fingerprint density at radius 2 is 1.44 bits per heavy atom. The van der Waals surface area contributed by atoms with Crippen molar-refractivity contribution >= 4 is 22.0 Å². The maximum atomic E-state index is 11.9. The van der Waals surface area contributed by atoms with Crippen molar-refractivity contribution in [1.82, 2.24) is 9.80 Å². The summed E-state index contributed by atoms with van der Waals surface area (Å²) in [5.74, 6) is 0.138. The lowest BCUT2D eigenvalue weighted by Crippen LogP contribution is -2.37. The van der Waals surface area contributed by atoms with Crippen molar-refractivity contribution in [3.05, 3.63) is 0 Å². The van der Waals surface area contributed by atoms with Crippen LogP contribution in [-0.4, -0.2) is 60.6 Å². The van der Waals surface area contributed by atoms with E-state index in [0.717, 1.165) is 0 Å². The topological polar surface area (TPSA) is 40.6 Å². The molecule has 0 aromatic carbocycles. The third-order valence-electron chi connectivity index (χ3n) is 2.59. The zero-order valence-corrected chi connectivity index (χ0v) is 13.7. The molecule has 0 radical (unpaired) electrons. The van der Waals surface area contributed by atoms with E-state index in [2.05, 4.69) is 20.8 Å². The molecule has 0 aliphatic rings. The normalized spacial score (nSPS) is 12.1. The highest BCUT2D eigenvalue weighted by Crippen LogP contribution is 2.20. The fraction of sp³-hybridized carbons (Fsp3) is 0.846. The van der Waals surface area contributed by atoms with Crippen LogP contribution >= 0.6 is 10.9 Å². The molecule has 0 atom stereocenters. The van der Waals surface area contributed by atoms with Crippen LogP contribution in [0.2, 0.25) is 0 Å². The summed E-state index contributed by atoms with van der Waals surface area (Å²) in [5, 5.41) is 0.182.